The van der Waals surface area contributed by atoms with Crippen LogP contribution in [-0.2, 0) is 14.8 Å². The SMILES string of the molecule is CCCS(=O)(=O)NCC(=O)Nc1ccc(Cl)cc1. The second kappa shape index (κ2) is 6.72. The van der Waals surface area contributed by atoms with Gasteiger partial charge in [0.25, 0.3) is 0 Å². The van der Waals surface area contributed by atoms with E-state index in [1.54, 1.807) is 31.2 Å². The van der Waals surface area contributed by atoms with Gasteiger partial charge in [0.1, 0.15) is 0 Å². The third-order valence-electron chi connectivity index (χ3n) is 2.05. The van der Waals surface area contributed by atoms with Crippen molar-refractivity contribution in [3.05, 3.63) is 29.3 Å². The van der Waals surface area contributed by atoms with Gasteiger partial charge in [-0.15, -0.1) is 0 Å². The predicted octanol–water partition coefficient (Wildman–Crippen LogP) is 1.61. The normalized spacial score (nSPS) is 11.2. The fraction of sp³-hybridized carbons (Fsp3) is 0.364. The van der Waals surface area contributed by atoms with Crippen LogP contribution in [-0.4, -0.2) is 26.6 Å². The summed E-state index contributed by atoms with van der Waals surface area (Å²) in [6, 6.07) is 6.55. The number of carbonyl (C=O) groups excluding carboxylic acids is 1. The standard InChI is InChI=1S/C11H15ClN2O3S/c1-2-7-18(16,17)13-8-11(15)14-10-5-3-9(12)4-6-10/h3-6,13H,2,7-8H2,1H3,(H,14,15). The number of hydrogen-bond acceptors (Lipinski definition) is 3. The zero-order valence-electron chi connectivity index (χ0n) is 9.94. The molecule has 0 aliphatic carbocycles. The number of benzene rings is 1. The number of carbonyl (C=O) groups is 1. The molecule has 5 nitrogen and oxygen atoms in total. The summed E-state index contributed by atoms with van der Waals surface area (Å²) in [5.74, 6) is -0.404. The molecule has 0 fully saturated rings. The Hall–Kier alpha value is -1.11. The van der Waals surface area contributed by atoms with Crippen LogP contribution in [0.3, 0.4) is 0 Å². The Morgan fingerprint density at radius 3 is 2.44 bits per heavy atom. The molecule has 1 aromatic rings. The average molecular weight is 291 g/mol. The molecule has 0 saturated carbocycles. The Balaban J connectivity index is 2.45. The van der Waals surface area contributed by atoms with Crippen molar-refractivity contribution in [2.45, 2.75) is 13.3 Å². The maximum absolute atomic E-state index is 11.5. The maximum Gasteiger partial charge on any atom is 0.239 e. The average Bonchev–Trinajstić information content (AvgIpc) is 2.30. The molecular formula is C11H15ClN2O3S. The molecule has 2 N–H and O–H groups in total. The molecule has 0 bridgehead atoms. The predicted molar refractivity (Wildman–Crippen MR) is 72.2 cm³/mol. The van der Waals surface area contributed by atoms with Crippen molar-refractivity contribution in [2.75, 3.05) is 17.6 Å². The van der Waals surface area contributed by atoms with E-state index >= 15 is 0 Å². The van der Waals surface area contributed by atoms with Crippen LogP contribution in [0.5, 0.6) is 0 Å². The Labute approximate surface area is 112 Å². The van der Waals surface area contributed by atoms with Crippen LogP contribution in [0.15, 0.2) is 24.3 Å². The molecule has 0 radical (unpaired) electrons. The molecular weight excluding hydrogens is 276 g/mol. The first kappa shape index (κ1) is 14.9. The highest BCUT2D eigenvalue weighted by atomic mass is 35.5. The van der Waals surface area contributed by atoms with Gasteiger partial charge in [-0.1, -0.05) is 18.5 Å². The molecule has 0 aliphatic rings. The van der Waals surface area contributed by atoms with Crippen LogP contribution in [0, 0.1) is 0 Å². The van der Waals surface area contributed by atoms with E-state index < -0.39 is 15.9 Å². The van der Waals surface area contributed by atoms with Gasteiger partial charge in [0, 0.05) is 10.7 Å². The van der Waals surface area contributed by atoms with E-state index in [1.165, 1.54) is 0 Å². The molecule has 0 aliphatic heterocycles. The Morgan fingerprint density at radius 2 is 1.89 bits per heavy atom. The van der Waals surface area contributed by atoms with Crippen LogP contribution in [0.2, 0.25) is 5.02 Å². The summed E-state index contributed by atoms with van der Waals surface area (Å²) < 4.78 is 24.9. The van der Waals surface area contributed by atoms with Crippen molar-refractivity contribution in [3.8, 4) is 0 Å². The minimum atomic E-state index is -3.36. The molecule has 18 heavy (non-hydrogen) atoms. The summed E-state index contributed by atoms with van der Waals surface area (Å²) in [6.45, 7) is 1.48. The summed E-state index contributed by atoms with van der Waals surface area (Å²) in [6.07, 6.45) is 0.508. The molecule has 1 amide bonds. The van der Waals surface area contributed by atoms with Crippen LogP contribution in [0.25, 0.3) is 0 Å². The molecule has 0 saturated heterocycles. The van der Waals surface area contributed by atoms with E-state index in [1.807, 2.05) is 0 Å². The molecule has 0 spiro atoms. The van der Waals surface area contributed by atoms with Gasteiger partial charge in [-0.3, -0.25) is 4.79 Å². The third kappa shape index (κ3) is 5.48. The summed E-state index contributed by atoms with van der Waals surface area (Å²) in [5, 5.41) is 3.13. The monoisotopic (exact) mass is 290 g/mol. The number of nitrogens with one attached hydrogen (secondary N) is 2. The number of halogens is 1. The van der Waals surface area contributed by atoms with Crippen molar-refractivity contribution in [1.82, 2.24) is 4.72 Å². The summed E-state index contributed by atoms with van der Waals surface area (Å²) >= 11 is 5.70. The lowest BCUT2D eigenvalue weighted by Gasteiger charge is -2.07. The van der Waals surface area contributed by atoms with Crippen molar-refractivity contribution in [3.63, 3.8) is 0 Å². The first-order valence-corrected chi connectivity index (χ1v) is 7.49. The molecule has 0 aromatic heterocycles. The largest absolute Gasteiger partial charge is 0.325 e. The lowest BCUT2D eigenvalue weighted by atomic mass is 10.3. The lowest BCUT2D eigenvalue weighted by molar-refractivity contribution is -0.115. The molecule has 100 valence electrons. The fourth-order valence-corrected chi connectivity index (χ4v) is 2.41. The Morgan fingerprint density at radius 1 is 1.28 bits per heavy atom. The third-order valence-corrected chi connectivity index (χ3v) is 3.84. The number of sulfonamides is 1. The molecule has 1 rings (SSSR count). The van der Waals surface area contributed by atoms with Crippen LogP contribution >= 0.6 is 11.6 Å². The Bertz CT molecular complexity index is 500. The molecule has 7 heteroatoms. The quantitative estimate of drug-likeness (QED) is 0.836. The number of amides is 1. The Kier molecular flexibility index (Phi) is 5.58. The van der Waals surface area contributed by atoms with Crippen molar-refractivity contribution in [2.24, 2.45) is 0 Å². The second-order valence-corrected chi connectivity index (χ2v) is 6.06. The smallest absolute Gasteiger partial charge is 0.239 e. The van der Waals surface area contributed by atoms with E-state index in [0.29, 0.717) is 17.1 Å². The lowest BCUT2D eigenvalue weighted by Crippen LogP contribution is -2.34. The number of anilines is 1. The topological polar surface area (TPSA) is 75.3 Å². The van der Waals surface area contributed by atoms with Gasteiger partial charge in [-0.25, -0.2) is 13.1 Å². The van der Waals surface area contributed by atoms with Gasteiger partial charge in [-0.05, 0) is 30.7 Å². The van der Waals surface area contributed by atoms with E-state index in [2.05, 4.69) is 10.0 Å². The van der Waals surface area contributed by atoms with Crippen LogP contribution < -0.4 is 10.0 Å². The first-order chi connectivity index (χ1) is 8.43. The van der Waals surface area contributed by atoms with Crippen molar-refractivity contribution < 1.29 is 13.2 Å². The summed E-state index contributed by atoms with van der Waals surface area (Å²) in [4.78, 5) is 11.5. The van der Waals surface area contributed by atoms with Gasteiger partial charge >= 0.3 is 0 Å². The molecule has 0 heterocycles. The van der Waals surface area contributed by atoms with Gasteiger partial charge in [-0.2, -0.15) is 0 Å². The van der Waals surface area contributed by atoms with Gasteiger partial charge in [0.05, 0.1) is 12.3 Å². The maximum atomic E-state index is 11.5. The second-order valence-electron chi connectivity index (χ2n) is 3.70. The van der Waals surface area contributed by atoms with E-state index in [9.17, 15) is 13.2 Å². The molecule has 0 atom stereocenters. The number of rotatable bonds is 6. The van der Waals surface area contributed by atoms with E-state index in [0.717, 1.165) is 0 Å². The highest BCUT2D eigenvalue weighted by Crippen LogP contribution is 2.12. The molecule has 0 unspecified atom stereocenters. The molecule has 1 aromatic carbocycles. The van der Waals surface area contributed by atoms with E-state index in [4.69, 9.17) is 11.6 Å². The van der Waals surface area contributed by atoms with Gasteiger partial charge < -0.3 is 5.32 Å². The summed E-state index contributed by atoms with van der Waals surface area (Å²) in [7, 11) is -3.36. The zero-order chi connectivity index (χ0) is 13.6. The van der Waals surface area contributed by atoms with Crippen molar-refractivity contribution >= 4 is 33.2 Å². The fourth-order valence-electron chi connectivity index (χ4n) is 1.25. The van der Waals surface area contributed by atoms with Crippen LogP contribution in [0.1, 0.15) is 13.3 Å². The first-order valence-electron chi connectivity index (χ1n) is 5.45. The highest BCUT2D eigenvalue weighted by Gasteiger charge is 2.10. The summed E-state index contributed by atoms with van der Waals surface area (Å²) in [5.41, 5.74) is 0.569. The van der Waals surface area contributed by atoms with E-state index in [-0.39, 0.29) is 12.3 Å². The highest BCUT2D eigenvalue weighted by molar-refractivity contribution is 7.89. The van der Waals surface area contributed by atoms with Gasteiger partial charge in [0.15, 0.2) is 0 Å². The minimum Gasteiger partial charge on any atom is -0.325 e. The zero-order valence-corrected chi connectivity index (χ0v) is 11.5. The minimum absolute atomic E-state index is 0.0151. The number of hydrogen-bond donors (Lipinski definition) is 2. The van der Waals surface area contributed by atoms with Crippen LogP contribution in [0.4, 0.5) is 5.69 Å². The van der Waals surface area contributed by atoms with Crippen molar-refractivity contribution in [1.29, 1.82) is 0 Å². The van der Waals surface area contributed by atoms with Gasteiger partial charge in [0.2, 0.25) is 15.9 Å².